The molecule has 88 valence electrons. The molecule has 18 heavy (non-hydrogen) atoms. The number of para-hydroxylation sites is 2. The van der Waals surface area contributed by atoms with Crippen molar-refractivity contribution in [1.29, 1.82) is 5.26 Å². The molecule has 0 radical (unpaired) electrons. The van der Waals surface area contributed by atoms with Crippen molar-refractivity contribution in [2.75, 3.05) is 11.5 Å². The van der Waals surface area contributed by atoms with Crippen LogP contribution in [0.15, 0.2) is 24.3 Å². The Labute approximate surface area is 107 Å². The van der Waals surface area contributed by atoms with E-state index in [1.54, 1.807) is 0 Å². The standard InChI is InChI=1S/C12H9N5S/c13-5-6-9(14)10(18-11(6)15)12-16-7-3-1-2-4-8(7)17-12/h1-4H,14-15H2,(H,16,17). The fraction of sp³-hybridized carbons (Fsp3) is 0. The first-order valence-corrected chi connectivity index (χ1v) is 6.05. The lowest BCUT2D eigenvalue weighted by atomic mass is 10.2. The second-order valence-electron chi connectivity index (χ2n) is 3.80. The zero-order valence-electron chi connectivity index (χ0n) is 9.27. The molecule has 3 rings (SSSR count). The van der Waals surface area contributed by atoms with Gasteiger partial charge in [-0.15, -0.1) is 11.3 Å². The molecular weight excluding hydrogens is 246 g/mol. The van der Waals surface area contributed by atoms with Crippen LogP contribution in [0.2, 0.25) is 0 Å². The van der Waals surface area contributed by atoms with E-state index in [-0.39, 0.29) is 0 Å². The monoisotopic (exact) mass is 255 g/mol. The van der Waals surface area contributed by atoms with Gasteiger partial charge < -0.3 is 16.5 Å². The number of hydrogen-bond donors (Lipinski definition) is 3. The second-order valence-corrected chi connectivity index (χ2v) is 4.85. The summed E-state index contributed by atoms with van der Waals surface area (Å²) in [7, 11) is 0. The summed E-state index contributed by atoms with van der Waals surface area (Å²) in [5, 5.41) is 9.39. The van der Waals surface area contributed by atoms with Gasteiger partial charge in [0.1, 0.15) is 16.6 Å². The van der Waals surface area contributed by atoms with Gasteiger partial charge in [0.05, 0.1) is 21.6 Å². The van der Waals surface area contributed by atoms with Crippen LogP contribution in [0.3, 0.4) is 0 Å². The van der Waals surface area contributed by atoms with E-state index in [1.807, 2.05) is 30.3 Å². The molecular formula is C12H9N5S. The number of benzene rings is 1. The fourth-order valence-electron chi connectivity index (χ4n) is 1.81. The van der Waals surface area contributed by atoms with Gasteiger partial charge in [-0.05, 0) is 12.1 Å². The highest BCUT2D eigenvalue weighted by Crippen LogP contribution is 2.39. The summed E-state index contributed by atoms with van der Waals surface area (Å²) in [5.41, 5.74) is 14.2. The second kappa shape index (κ2) is 3.75. The van der Waals surface area contributed by atoms with E-state index < -0.39 is 0 Å². The Kier molecular flexibility index (Phi) is 2.21. The third kappa shape index (κ3) is 1.42. The Balaban J connectivity index is 2.24. The molecule has 0 fully saturated rings. The van der Waals surface area contributed by atoms with Gasteiger partial charge in [0.25, 0.3) is 0 Å². The molecule has 3 aromatic rings. The zero-order valence-corrected chi connectivity index (χ0v) is 10.1. The Bertz CT molecular complexity index is 744. The third-order valence-electron chi connectivity index (χ3n) is 2.69. The molecule has 2 aromatic heterocycles. The number of aromatic amines is 1. The molecule has 0 unspecified atom stereocenters. The lowest BCUT2D eigenvalue weighted by molar-refractivity contribution is 1.36. The normalized spacial score (nSPS) is 10.6. The summed E-state index contributed by atoms with van der Waals surface area (Å²) in [4.78, 5) is 8.32. The number of aromatic nitrogens is 2. The van der Waals surface area contributed by atoms with Crippen molar-refractivity contribution in [3.05, 3.63) is 29.8 Å². The molecule has 0 saturated carbocycles. The lowest BCUT2D eigenvalue weighted by Crippen LogP contribution is -1.90. The molecule has 6 heteroatoms. The van der Waals surface area contributed by atoms with Gasteiger partial charge in [0, 0.05) is 0 Å². The third-order valence-corrected chi connectivity index (χ3v) is 3.73. The molecule has 5 nitrogen and oxygen atoms in total. The van der Waals surface area contributed by atoms with E-state index in [0.29, 0.717) is 27.0 Å². The topological polar surface area (TPSA) is 105 Å². The van der Waals surface area contributed by atoms with E-state index in [4.69, 9.17) is 16.7 Å². The van der Waals surface area contributed by atoms with Gasteiger partial charge in [-0.1, -0.05) is 12.1 Å². The van der Waals surface area contributed by atoms with Crippen molar-refractivity contribution in [2.24, 2.45) is 0 Å². The van der Waals surface area contributed by atoms with Crippen LogP contribution in [0, 0.1) is 11.3 Å². The van der Waals surface area contributed by atoms with Crippen molar-refractivity contribution in [3.8, 4) is 16.8 Å². The molecule has 2 heterocycles. The molecule has 0 spiro atoms. The van der Waals surface area contributed by atoms with E-state index in [0.717, 1.165) is 11.0 Å². The number of nitrogens with zero attached hydrogens (tertiary/aromatic N) is 2. The van der Waals surface area contributed by atoms with Crippen LogP contribution in [0.25, 0.3) is 21.7 Å². The van der Waals surface area contributed by atoms with E-state index in [2.05, 4.69) is 9.97 Å². The van der Waals surface area contributed by atoms with Crippen LogP contribution in [0.5, 0.6) is 0 Å². The number of thiophene rings is 1. The van der Waals surface area contributed by atoms with Gasteiger partial charge in [-0.2, -0.15) is 5.26 Å². The lowest BCUT2D eigenvalue weighted by Gasteiger charge is -1.93. The Morgan fingerprint density at radius 2 is 2.06 bits per heavy atom. The van der Waals surface area contributed by atoms with Crippen LogP contribution in [0.1, 0.15) is 5.56 Å². The molecule has 0 atom stereocenters. The minimum absolute atomic E-state index is 0.329. The maximum absolute atomic E-state index is 8.97. The zero-order chi connectivity index (χ0) is 12.7. The first kappa shape index (κ1) is 10.6. The van der Waals surface area contributed by atoms with Crippen LogP contribution in [0.4, 0.5) is 10.7 Å². The van der Waals surface area contributed by atoms with E-state index in [1.165, 1.54) is 11.3 Å². The number of H-pyrrole nitrogens is 1. The molecule has 0 bridgehead atoms. The predicted octanol–water partition coefficient (Wildman–Crippen LogP) is 2.33. The minimum atomic E-state index is 0.329. The summed E-state index contributed by atoms with van der Waals surface area (Å²) in [6.45, 7) is 0. The summed E-state index contributed by atoms with van der Waals surface area (Å²) in [6.07, 6.45) is 0. The van der Waals surface area contributed by atoms with Crippen molar-refractivity contribution >= 4 is 33.1 Å². The van der Waals surface area contributed by atoms with Crippen LogP contribution in [-0.2, 0) is 0 Å². The van der Waals surface area contributed by atoms with Gasteiger partial charge in [0.15, 0.2) is 5.82 Å². The van der Waals surface area contributed by atoms with Crippen LogP contribution >= 0.6 is 11.3 Å². The highest BCUT2D eigenvalue weighted by atomic mass is 32.1. The van der Waals surface area contributed by atoms with Crippen LogP contribution in [-0.4, -0.2) is 9.97 Å². The minimum Gasteiger partial charge on any atom is -0.396 e. The molecule has 1 aromatic carbocycles. The molecule has 0 aliphatic rings. The maximum atomic E-state index is 8.97. The van der Waals surface area contributed by atoms with Crippen LogP contribution < -0.4 is 11.5 Å². The van der Waals surface area contributed by atoms with Crippen molar-refractivity contribution in [1.82, 2.24) is 9.97 Å². The Morgan fingerprint density at radius 1 is 1.28 bits per heavy atom. The quantitative estimate of drug-likeness (QED) is 0.620. The van der Waals surface area contributed by atoms with Crippen molar-refractivity contribution in [3.63, 3.8) is 0 Å². The summed E-state index contributed by atoms with van der Waals surface area (Å²) >= 11 is 1.27. The molecule has 0 aliphatic carbocycles. The summed E-state index contributed by atoms with van der Waals surface area (Å²) < 4.78 is 0. The van der Waals surface area contributed by atoms with Gasteiger partial charge in [-0.3, -0.25) is 0 Å². The number of anilines is 2. The number of imidazole rings is 1. The smallest absolute Gasteiger partial charge is 0.150 e. The number of hydrogen-bond acceptors (Lipinski definition) is 5. The van der Waals surface area contributed by atoms with Crippen molar-refractivity contribution in [2.45, 2.75) is 0 Å². The maximum Gasteiger partial charge on any atom is 0.150 e. The molecule has 0 amide bonds. The Hall–Kier alpha value is -2.52. The first-order chi connectivity index (χ1) is 8.70. The van der Waals surface area contributed by atoms with Gasteiger partial charge in [0.2, 0.25) is 0 Å². The number of rotatable bonds is 1. The largest absolute Gasteiger partial charge is 0.396 e. The van der Waals surface area contributed by atoms with E-state index in [9.17, 15) is 0 Å². The summed E-state index contributed by atoms with van der Waals surface area (Å²) in [5.74, 6) is 0.645. The number of nitriles is 1. The number of nitrogens with two attached hydrogens (primary N) is 2. The van der Waals surface area contributed by atoms with E-state index >= 15 is 0 Å². The van der Waals surface area contributed by atoms with Gasteiger partial charge in [-0.25, -0.2) is 4.98 Å². The number of fused-ring (bicyclic) bond motifs is 1. The van der Waals surface area contributed by atoms with Crippen molar-refractivity contribution < 1.29 is 0 Å². The summed E-state index contributed by atoms with van der Waals surface area (Å²) in [6, 6.07) is 9.70. The number of nitrogens with one attached hydrogen (secondary N) is 1. The molecule has 0 aliphatic heterocycles. The average Bonchev–Trinajstić information content (AvgIpc) is 2.90. The van der Waals surface area contributed by atoms with Gasteiger partial charge >= 0.3 is 0 Å². The highest BCUT2D eigenvalue weighted by Gasteiger charge is 2.17. The Morgan fingerprint density at radius 3 is 2.72 bits per heavy atom. The average molecular weight is 255 g/mol. The molecule has 5 N–H and O–H groups in total. The SMILES string of the molecule is N#Cc1c(N)sc(-c2nc3ccccc3[nH]2)c1N. The first-order valence-electron chi connectivity index (χ1n) is 5.23. The fourth-order valence-corrected chi connectivity index (χ4v) is 2.70. The predicted molar refractivity (Wildman–Crippen MR) is 72.9 cm³/mol. The number of nitrogen functional groups attached to an aromatic ring is 2. The highest BCUT2D eigenvalue weighted by molar-refractivity contribution is 7.20. The molecule has 0 saturated heterocycles.